The highest BCUT2D eigenvalue weighted by molar-refractivity contribution is 5.19. The van der Waals surface area contributed by atoms with Gasteiger partial charge in [0.1, 0.15) is 0 Å². The summed E-state index contributed by atoms with van der Waals surface area (Å²) in [5.41, 5.74) is 6.66. The van der Waals surface area contributed by atoms with Crippen LogP contribution >= 0.6 is 0 Å². The summed E-state index contributed by atoms with van der Waals surface area (Å²) >= 11 is 0. The van der Waals surface area contributed by atoms with Crippen molar-refractivity contribution in [2.45, 2.75) is 19.1 Å². The lowest BCUT2D eigenvalue weighted by molar-refractivity contribution is 0.164. The molecule has 0 fully saturated rings. The molecule has 0 aromatic heterocycles. The summed E-state index contributed by atoms with van der Waals surface area (Å²) in [7, 11) is 0. The van der Waals surface area contributed by atoms with Gasteiger partial charge in [0.25, 0.3) is 0 Å². The largest absolute Gasteiger partial charge is 0.391 e. The quantitative estimate of drug-likeness (QED) is 0.664. The van der Waals surface area contributed by atoms with E-state index in [4.69, 9.17) is 10.8 Å². The Balaban J connectivity index is 2.77. The molecule has 2 atom stereocenters. The SMILES string of the molecule is C[C@@H](O)[C@H](N)c1ccccc1. The highest BCUT2D eigenvalue weighted by atomic mass is 16.3. The molecule has 0 heterocycles. The van der Waals surface area contributed by atoms with E-state index in [1.54, 1.807) is 6.92 Å². The van der Waals surface area contributed by atoms with Crippen molar-refractivity contribution in [2.75, 3.05) is 0 Å². The minimum absolute atomic E-state index is 0.267. The van der Waals surface area contributed by atoms with Crippen LogP contribution in [0.15, 0.2) is 30.3 Å². The second kappa shape index (κ2) is 3.51. The van der Waals surface area contributed by atoms with E-state index in [0.717, 1.165) is 5.56 Å². The highest BCUT2D eigenvalue weighted by Gasteiger charge is 2.09. The van der Waals surface area contributed by atoms with Gasteiger partial charge in [-0.05, 0) is 12.5 Å². The summed E-state index contributed by atoms with van der Waals surface area (Å²) in [6.45, 7) is 1.69. The molecule has 0 bridgehead atoms. The number of hydrogen-bond acceptors (Lipinski definition) is 2. The predicted octanol–water partition coefficient (Wildman–Crippen LogP) is 1.07. The zero-order valence-corrected chi connectivity index (χ0v) is 6.57. The number of rotatable bonds is 2. The maximum Gasteiger partial charge on any atom is 0.0704 e. The van der Waals surface area contributed by atoms with Gasteiger partial charge in [-0.15, -0.1) is 0 Å². The van der Waals surface area contributed by atoms with Crippen LogP contribution in [-0.4, -0.2) is 11.2 Å². The molecule has 1 aromatic rings. The molecule has 60 valence electrons. The first kappa shape index (κ1) is 8.24. The van der Waals surface area contributed by atoms with Crippen molar-refractivity contribution in [3.8, 4) is 0 Å². The van der Waals surface area contributed by atoms with Crippen molar-refractivity contribution < 1.29 is 5.11 Å². The molecule has 0 radical (unpaired) electrons. The van der Waals surface area contributed by atoms with Crippen LogP contribution in [0.2, 0.25) is 0 Å². The number of hydrogen-bond donors (Lipinski definition) is 2. The molecule has 1 aromatic carbocycles. The first-order chi connectivity index (χ1) is 5.22. The molecule has 11 heavy (non-hydrogen) atoms. The van der Waals surface area contributed by atoms with Crippen molar-refractivity contribution >= 4 is 0 Å². The molecule has 0 spiro atoms. The summed E-state index contributed by atoms with van der Waals surface area (Å²) in [6.07, 6.45) is -0.489. The van der Waals surface area contributed by atoms with E-state index < -0.39 is 6.10 Å². The van der Waals surface area contributed by atoms with Gasteiger partial charge in [-0.3, -0.25) is 0 Å². The molecule has 0 aliphatic rings. The van der Waals surface area contributed by atoms with E-state index in [1.807, 2.05) is 30.3 Å². The minimum Gasteiger partial charge on any atom is -0.391 e. The normalized spacial score (nSPS) is 15.9. The van der Waals surface area contributed by atoms with Gasteiger partial charge in [0.2, 0.25) is 0 Å². The monoisotopic (exact) mass is 151 g/mol. The third kappa shape index (κ3) is 2.03. The minimum atomic E-state index is -0.489. The van der Waals surface area contributed by atoms with Gasteiger partial charge in [0, 0.05) is 0 Å². The maximum absolute atomic E-state index is 9.15. The third-order valence-corrected chi connectivity index (χ3v) is 1.70. The Bertz CT molecular complexity index is 208. The van der Waals surface area contributed by atoms with Crippen LogP contribution in [0.1, 0.15) is 18.5 Å². The lowest BCUT2D eigenvalue weighted by Crippen LogP contribution is -2.22. The summed E-state index contributed by atoms with van der Waals surface area (Å²) < 4.78 is 0. The summed E-state index contributed by atoms with van der Waals surface area (Å²) in [5.74, 6) is 0. The van der Waals surface area contributed by atoms with E-state index in [2.05, 4.69) is 0 Å². The number of benzene rings is 1. The lowest BCUT2D eigenvalue weighted by Gasteiger charge is -2.14. The Kier molecular flexibility index (Phi) is 2.63. The fourth-order valence-electron chi connectivity index (χ4n) is 0.954. The second-order valence-electron chi connectivity index (χ2n) is 2.68. The van der Waals surface area contributed by atoms with Crippen molar-refractivity contribution in [3.05, 3.63) is 35.9 Å². The van der Waals surface area contributed by atoms with Crippen LogP contribution in [-0.2, 0) is 0 Å². The van der Waals surface area contributed by atoms with E-state index in [1.165, 1.54) is 0 Å². The Morgan fingerprint density at radius 1 is 1.27 bits per heavy atom. The zero-order valence-electron chi connectivity index (χ0n) is 6.57. The van der Waals surface area contributed by atoms with Crippen molar-refractivity contribution in [1.82, 2.24) is 0 Å². The first-order valence-electron chi connectivity index (χ1n) is 3.70. The Morgan fingerprint density at radius 2 is 1.82 bits per heavy atom. The average molecular weight is 151 g/mol. The van der Waals surface area contributed by atoms with Crippen molar-refractivity contribution in [2.24, 2.45) is 5.73 Å². The van der Waals surface area contributed by atoms with Crippen LogP contribution in [0.25, 0.3) is 0 Å². The second-order valence-corrected chi connectivity index (χ2v) is 2.68. The fourth-order valence-corrected chi connectivity index (χ4v) is 0.954. The van der Waals surface area contributed by atoms with E-state index >= 15 is 0 Å². The van der Waals surface area contributed by atoms with Crippen LogP contribution in [0.5, 0.6) is 0 Å². The van der Waals surface area contributed by atoms with Crippen molar-refractivity contribution in [3.63, 3.8) is 0 Å². The first-order valence-corrected chi connectivity index (χ1v) is 3.70. The van der Waals surface area contributed by atoms with E-state index in [9.17, 15) is 0 Å². The molecule has 2 heteroatoms. The van der Waals surface area contributed by atoms with Gasteiger partial charge in [0.15, 0.2) is 0 Å². The molecular weight excluding hydrogens is 138 g/mol. The summed E-state index contributed by atoms with van der Waals surface area (Å²) in [4.78, 5) is 0. The van der Waals surface area contributed by atoms with Crippen LogP contribution in [0.4, 0.5) is 0 Å². The van der Waals surface area contributed by atoms with Gasteiger partial charge in [-0.25, -0.2) is 0 Å². The zero-order chi connectivity index (χ0) is 8.27. The van der Waals surface area contributed by atoms with E-state index in [0.29, 0.717) is 0 Å². The Labute approximate surface area is 66.7 Å². The molecule has 0 amide bonds. The molecule has 0 aliphatic heterocycles. The molecule has 0 aliphatic carbocycles. The summed E-state index contributed by atoms with van der Waals surface area (Å²) in [6, 6.07) is 9.32. The summed E-state index contributed by atoms with van der Waals surface area (Å²) in [5, 5.41) is 9.15. The van der Waals surface area contributed by atoms with E-state index in [-0.39, 0.29) is 6.04 Å². The average Bonchev–Trinajstić information content (AvgIpc) is 2.05. The smallest absolute Gasteiger partial charge is 0.0704 e. The fraction of sp³-hybridized carbons (Fsp3) is 0.333. The number of nitrogens with two attached hydrogens (primary N) is 1. The van der Waals surface area contributed by atoms with Gasteiger partial charge in [0.05, 0.1) is 12.1 Å². The van der Waals surface area contributed by atoms with Gasteiger partial charge in [-0.2, -0.15) is 0 Å². The highest BCUT2D eigenvalue weighted by Crippen LogP contribution is 2.12. The third-order valence-electron chi connectivity index (χ3n) is 1.70. The number of aliphatic hydroxyl groups is 1. The van der Waals surface area contributed by atoms with Crippen LogP contribution in [0, 0.1) is 0 Å². The maximum atomic E-state index is 9.15. The van der Waals surface area contributed by atoms with Crippen LogP contribution in [0.3, 0.4) is 0 Å². The standard InChI is InChI=1S/C9H13NO/c1-7(11)9(10)8-5-3-2-4-6-8/h2-7,9,11H,10H2,1H3/t7-,9+/m1/s1. The molecule has 1 rings (SSSR count). The molecule has 3 N–H and O–H groups in total. The Hall–Kier alpha value is -0.860. The molecule has 0 unspecified atom stereocenters. The molecule has 0 saturated carbocycles. The molecule has 0 saturated heterocycles. The van der Waals surface area contributed by atoms with Gasteiger partial charge >= 0.3 is 0 Å². The number of aliphatic hydroxyl groups excluding tert-OH is 1. The predicted molar refractivity (Wildman–Crippen MR) is 45.1 cm³/mol. The lowest BCUT2D eigenvalue weighted by atomic mass is 10.0. The molecule has 2 nitrogen and oxygen atoms in total. The van der Waals surface area contributed by atoms with Crippen LogP contribution < -0.4 is 5.73 Å². The van der Waals surface area contributed by atoms with Gasteiger partial charge < -0.3 is 10.8 Å². The van der Waals surface area contributed by atoms with Crippen molar-refractivity contribution in [1.29, 1.82) is 0 Å². The molecular formula is C9H13NO. The topological polar surface area (TPSA) is 46.2 Å². The Morgan fingerprint density at radius 3 is 2.27 bits per heavy atom. The van der Waals surface area contributed by atoms with Gasteiger partial charge in [-0.1, -0.05) is 30.3 Å².